The molecule has 162 valence electrons. The van der Waals surface area contributed by atoms with Crippen molar-refractivity contribution in [2.24, 2.45) is 0 Å². The third kappa shape index (κ3) is 5.49. The Morgan fingerprint density at radius 1 is 1.33 bits per heavy atom. The van der Waals surface area contributed by atoms with Crippen molar-refractivity contribution >= 4 is 24.6 Å². The van der Waals surface area contributed by atoms with Crippen LogP contribution in [0.15, 0.2) is 18.2 Å². The second kappa shape index (κ2) is 10.2. The molecule has 1 unspecified atom stereocenters. The van der Waals surface area contributed by atoms with E-state index in [0.29, 0.717) is 30.7 Å². The van der Waals surface area contributed by atoms with Crippen LogP contribution in [0.25, 0.3) is 0 Å². The zero-order valence-corrected chi connectivity index (χ0v) is 17.9. The summed E-state index contributed by atoms with van der Waals surface area (Å²) in [5.74, 6) is -0.190. The van der Waals surface area contributed by atoms with E-state index in [9.17, 15) is 19.4 Å². The highest BCUT2D eigenvalue weighted by molar-refractivity contribution is 6.47. The fraction of sp³-hybridized carbons (Fsp3) is 0.591. The van der Waals surface area contributed by atoms with Crippen LogP contribution in [0.3, 0.4) is 0 Å². The fourth-order valence-electron chi connectivity index (χ4n) is 4.21. The van der Waals surface area contributed by atoms with Crippen molar-refractivity contribution in [2.45, 2.75) is 64.2 Å². The number of likely N-dealkylation sites (tertiary alicyclic amines) is 1. The number of amides is 1. The molecule has 0 bridgehead atoms. The average Bonchev–Trinajstić information content (AvgIpc) is 2.70. The molecule has 7 nitrogen and oxygen atoms in total. The van der Waals surface area contributed by atoms with E-state index in [-0.39, 0.29) is 36.5 Å². The molecule has 2 heterocycles. The minimum atomic E-state index is -1.15. The number of Topliss-reactive ketones (excluding diaryl/α,β-unsaturated/α-hetero) is 2. The molecule has 2 N–H and O–H groups in total. The van der Waals surface area contributed by atoms with E-state index in [4.69, 9.17) is 4.65 Å². The molecule has 2 aliphatic rings. The predicted octanol–water partition coefficient (Wildman–Crippen LogP) is 2.01. The molecule has 1 aromatic carbocycles. The van der Waals surface area contributed by atoms with Crippen LogP contribution in [0, 0.1) is 0 Å². The summed E-state index contributed by atoms with van der Waals surface area (Å²) in [6.07, 6.45) is 4.07. The van der Waals surface area contributed by atoms with Crippen molar-refractivity contribution in [3.63, 3.8) is 0 Å². The van der Waals surface area contributed by atoms with Crippen LogP contribution in [0.5, 0.6) is 5.75 Å². The monoisotopic (exact) mass is 414 g/mol. The zero-order chi connectivity index (χ0) is 21.7. The average molecular weight is 414 g/mol. The van der Waals surface area contributed by atoms with Gasteiger partial charge in [0.05, 0.1) is 12.1 Å². The van der Waals surface area contributed by atoms with E-state index in [1.165, 1.54) is 6.92 Å². The maximum Gasteiger partial charge on any atom is 0.526 e. The number of nitrogens with one attached hydrogen (secondary N) is 1. The number of hydrogen-bond donors (Lipinski definition) is 2. The second-order valence-electron chi connectivity index (χ2n) is 8.38. The molecule has 0 radical (unpaired) electrons. The van der Waals surface area contributed by atoms with Crippen LogP contribution in [-0.2, 0) is 16.0 Å². The van der Waals surface area contributed by atoms with Gasteiger partial charge in [-0.05, 0) is 44.4 Å². The lowest BCUT2D eigenvalue weighted by molar-refractivity contribution is -0.138. The zero-order valence-electron chi connectivity index (χ0n) is 17.9. The Bertz CT molecular complexity index is 800. The van der Waals surface area contributed by atoms with Gasteiger partial charge in [0.1, 0.15) is 5.75 Å². The molecule has 2 aliphatic heterocycles. The normalized spacial score (nSPS) is 21.2. The number of nitrogens with zero attached hydrogens (tertiary/aromatic N) is 1. The van der Waals surface area contributed by atoms with Crippen LogP contribution in [0.4, 0.5) is 0 Å². The van der Waals surface area contributed by atoms with E-state index in [0.717, 1.165) is 31.4 Å². The fourth-order valence-corrected chi connectivity index (χ4v) is 4.21. The number of benzene rings is 1. The number of piperidine rings is 1. The van der Waals surface area contributed by atoms with Crippen molar-refractivity contribution < 1.29 is 24.1 Å². The molecule has 0 aromatic heterocycles. The molecular weight excluding hydrogens is 383 g/mol. The summed E-state index contributed by atoms with van der Waals surface area (Å²) in [5.41, 5.74) is 1.26. The third-order valence-corrected chi connectivity index (χ3v) is 5.94. The number of ketones is 2. The molecule has 1 amide bonds. The Labute approximate surface area is 178 Å². The minimum absolute atomic E-state index is 0.000451. The second-order valence-corrected chi connectivity index (χ2v) is 8.38. The summed E-state index contributed by atoms with van der Waals surface area (Å²) in [6.45, 7) is 5.16. The van der Waals surface area contributed by atoms with Crippen molar-refractivity contribution in [3.05, 3.63) is 29.3 Å². The molecule has 0 spiro atoms. The van der Waals surface area contributed by atoms with Gasteiger partial charge in [-0.1, -0.05) is 25.5 Å². The van der Waals surface area contributed by atoms with Gasteiger partial charge < -0.3 is 19.9 Å². The standard InChI is InChI=1S/C22H31BN2O5/c1-3-4-9-24-18-8-10-25(21(28)13-18)14-19(27)12-17-11-16-6-5-7-20(15(2)26)22(16)30-23(17)29/h5-7,17-18,24,29H,3-4,8-14H2,1-2H3/t17-,18?/m1/s1. The van der Waals surface area contributed by atoms with E-state index in [1.807, 2.05) is 6.07 Å². The topological polar surface area (TPSA) is 95.9 Å². The lowest BCUT2D eigenvalue weighted by Gasteiger charge is -2.32. The highest BCUT2D eigenvalue weighted by Gasteiger charge is 2.38. The summed E-state index contributed by atoms with van der Waals surface area (Å²) in [6, 6.07) is 5.50. The van der Waals surface area contributed by atoms with Crippen molar-refractivity contribution in [3.8, 4) is 5.75 Å². The van der Waals surface area contributed by atoms with Crippen LogP contribution < -0.4 is 9.97 Å². The first-order valence-corrected chi connectivity index (χ1v) is 10.9. The van der Waals surface area contributed by atoms with Crippen LogP contribution in [-0.4, -0.2) is 60.2 Å². The molecule has 2 atom stereocenters. The number of carbonyl (C=O) groups is 3. The van der Waals surface area contributed by atoms with Gasteiger partial charge in [-0.3, -0.25) is 14.4 Å². The lowest BCUT2D eigenvalue weighted by atomic mass is 9.64. The van der Waals surface area contributed by atoms with Crippen molar-refractivity contribution in [1.29, 1.82) is 0 Å². The molecule has 1 saturated heterocycles. The number of carbonyl (C=O) groups excluding carboxylic acids is 3. The molecule has 0 saturated carbocycles. The number of hydrogen-bond acceptors (Lipinski definition) is 6. The Kier molecular flexibility index (Phi) is 7.66. The molecule has 30 heavy (non-hydrogen) atoms. The smallest absolute Gasteiger partial charge is 0.526 e. The van der Waals surface area contributed by atoms with Gasteiger partial charge in [-0.25, -0.2) is 0 Å². The first-order chi connectivity index (χ1) is 14.4. The van der Waals surface area contributed by atoms with Gasteiger partial charge in [-0.15, -0.1) is 0 Å². The lowest BCUT2D eigenvalue weighted by Crippen LogP contribution is -2.48. The number of fused-ring (bicyclic) bond motifs is 1. The number of unbranched alkanes of at least 4 members (excludes halogenated alkanes) is 1. The van der Waals surface area contributed by atoms with E-state index in [1.54, 1.807) is 17.0 Å². The highest BCUT2D eigenvalue weighted by atomic mass is 16.5. The van der Waals surface area contributed by atoms with Gasteiger partial charge in [0.2, 0.25) is 5.91 Å². The summed E-state index contributed by atoms with van der Waals surface area (Å²) >= 11 is 0. The quantitative estimate of drug-likeness (QED) is 0.365. The number of para-hydroxylation sites is 1. The van der Waals surface area contributed by atoms with Crippen LogP contribution in [0.1, 0.15) is 61.9 Å². The van der Waals surface area contributed by atoms with Gasteiger partial charge >= 0.3 is 7.12 Å². The first-order valence-electron chi connectivity index (χ1n) is 10.9. The van der Waals surface area contributed by atoms with Gasteiger partial charge in [-0.2, -0.15) is 0 Å². The molecule has 3 rings (SSSR count). The summed E-state index contributed by atoms with van der Waals surface area (Å²) in [7, 11) is -1.15. The first kappa shape index (κ1) is 22.5. The van der Waals surface area contributed by atoms with E-state index < -0.39 is 12.9 Å². The summed E-state index contributed by atoms with van der Waals surface area (Å²) < 4.78 is 5.60. The Morgan fingerprint density at radius 2 is 2.13 bits per heavy atom. The Morgan fingerprint density at radius 3 is 2.83 bits per heavy atom. The molecule has 8 heteroatoms. The molecular formula is C22H31BN2O5. The van der Waals surface area contributed by atoms with Crippen molar-refractivity contribution in [1.82, 2.24) is 10.2 Å². The molecule has 1 aromatic rings. The predicted molar refractivity (Wildman–Crippen MR) is 115 cm³/mol. The SMILES string of the molecule is CCCCNC1CCN(CC(=O)C[C@H]2Cc3cccc(C(C)=O)c3OB2O)C(=O)C1. The minimum Gasteiger partial charge on any atom is -0.535 e. The van der Waals surface area contributed by atoms with E-state index in [2.05, 4.69) is 12.2 Å². The van der Waals surface area contributed by atoms with Crippen LogP contribution >= 0.6 is 0 Å². The molecule has 1 fully saturated rings. The molecule has 0 aliphatic carbocycles. The van der Waals surface area contributed by atoms with Gasteiger partial charge in [0.25, 0.3) is 0 Å². The van der Waals surface area contributed by atoms with Gasteiger partial charge in [0, 0.05) is 31.2 Å². The maximum absolute atomic E-state index is 12.6. The summed E-state index contributed by atoms with van der Waals surface area (Å²) in [4.78, 5) is 38.4. The number of rotatable bonds is 9. The van der Waals surface area contributed by atoms with Crippen molar-refractivity contribution in [2.75, 3.05) is 19.6 Å². The summed E-state index contributed by atoms with van der Waals surface area (Å²) in [5, 5.41) is 13.8. The largest absolute Gasteiger partial charge is 0.535 e. The highest BCUT2D eigenvalue weighted by Crippen LogP contribution is 2.36. The Hall–Kier alpha value is -2.19. The Balaban J connectivity index is 1.52. The maximum atomic E-state index is 12.6. The third-order valence-electron chi connectivity index (χ3n) is 5.94. The van der Waals surface area contributed by atoms with Gasteiger partial charge in [0.15, 0.2) is 11.6 Å². The van der Waals surface area contributed by atoms with Crippen LogP contribution in [0.2, 0.25) is 5.82 Å². The van der Waals surface area contributed by atoms with E-state index >= 15 is 0 Å².